The quantitative estimate of drug-likeness (QED) is 0.570. The molecule has 10 heteroatoms. The van der Waals surface area contributed by atoms with E-state index in [4.69, 9.17) is 9.47 Å². The van der Waals surface area contributed by atoms with Crippen LogP contribution in [0, 0.1) is 6.92 Å². The second kappa shape index (κ2) is 12.1. The van der Waals surface area contributed by atoms with Crippen molar-refractivity contribution in [2.24, 2.45) is 0 Å². The van der Waals surface area contributed by atoms with Crippen LogP contribution in [-0.2, 0) is 24.3 Å². The normalized spacial score (nSPS) is 29.1. The first-order chi connectivity index (χ1) is 16.8. The summed E-state index contributed by atoms with van der Waals surface area (Å²) in [6.07, 6.45) is 3.39. The molecule has 3 fully saturated rings. The molecular weight excluding hydrogens is 470 g/mol. The van der Waals surface area contributed by atoms with Crippen molar-refractivity contribution < 1.29 is 27.8 Å². The molecule has 3 saturated heterocycles. The highest BCUT2D eigenvalue weighted by Crippen LogP contribution is 2.31. The van der Waals surface area contributed by atoms with Crippen LogP contribution in [0.4, 0.5) is 0 Å². The smallest absolute Gasteiger partial charge is 0.243 e. The molecule has 2 N–H and O–H groups in total. The van der Waals surface area contributed by atoms with Gasteiger partial charge in [0.15, 0.2) is 0 Å². The predicted octanol–water partition coefficient (Wildman–Crippen LogP) is 1.29. The number of carbonyl (C=O) groups is 1. The number of fused-ring (bicyclic) bond motifs is 1. The summed E-state index contributed by atoms with van der Waals surface area (Å²) in [7, 11) is -3.83. The molecule has 3 heterocycles. The molecule has 1 aromatic carbocycles. The standard InChI is InChI=1S/C25H39N3O6S/c1-19-5-8-22(9-6-19)35(31,32)28-16-20(29)17-33-18-24-23(28)10-7-21(34-24)15-25(30)26-11-14-27-12-3-2-4-13-27/h5-6,8-9,20-21,23-24,29H,2-4,7,10-18H2,1H3,(H,26,30)/t20-,21-,23-,24+/m1/s1. The van der Waals surface area contributed by atoms with Crippen LogP contribution in [-0.4, -0.2) is 98.9 Å². The van der Waals surface area contributed by atoms with Crippen LogP contribution in [0.5, 0.6) is 0 Å². The number of β-amino-alcohol motifs (C(OH)–C–C–N with tert-alkyl or cyclic N) is 1. The SMILES string of the molecule is Cc1ccc(S(=O)(=O)N2C[C@@H](O)COC[C@@H]3O[C@@H](CC(=O)NCCN4CCCCC4)CC[C@H]32)cc1. The van der Waals surface area contributed by atoms with Crippen molar-refractivity contribution in [1.82, 2.24) is 14.5 Å². The van der Waals surface area contributed by atoms with E-state index in [2.05, 4.69) is 10.2 Å². The number of aryl methyl sites for hydroxylation is 1. The van der Waals surface area contributed by atoms with Gasteiger partial charge in [-0.1, -0.05) is 24.1 Å². The Morgan fingerprint density at radius 2 is 1.86 bits per heavy atom. The predicted molar refractivity (Wildman–Crippen MR) is 131 cm³/mol. The molecule has 0 saturated carbocycles. The van der Waals surface area contributed by atoms with Crippen LogP contribution >= 0.6 is 0 Å². The third-order valence-corrected chi connectivity index (χ3v) is 9.08. The lowest BCUT2D eigenvalue weighted by atomic mass is 9.96. The number of likely N-dealkylation sites (tertiary alicyclic amines) is 1. The van der Waals surface area contributed by atoms with Gasteiger partial charge in [-0.05, 0) is 57.8 Å². The molecular formula is C25H39N3O6S. The third-order valence-electron chi connectivity index (χ3n) is 7.17. The van der Waals surface area contributed by atoms with E-state index < -0.39 is 28.3 Å². The number of benzene rings is 1. The summed E-state index contributed by atoms with van der Waals surface area (Å²) in [5, 5.41) is 13.4. The minimum Gasteiger partial charge on any atom is -0.389 e. The number of sulfonamides is 1. The molecule has 0 unspecified atom stereocenters. The van der Waals surface area contributed by atoms with Gasteiger partial charge >= 0.3 is 0 Å². The monoisotopic (exact) mass is 509 g/mol. The molecule has 196 valence electrons. The molecule has 1 amide bonds. The molecule has 3 aliphatic heterocycles. The number of nitrogens with zero attached hydrogens (tertiary/aromatic N) is 2. The number of aliphatic hydroxyl groups is 1. The Hall–Kier alpha value is -1.56. The number of hydrogen-bond donors (Lipinski definition) is 2. The lowest BCUT2D eigenvalue weighted by molar-refractivity contribution is -0.146. The summed E-state index contributed by atoms with van der Waals surface area (Å²) < 4.78 is 40.3. The fourth-order valence-corrected chi connectivity index (χ4v) is 6.95. The van der Waals surface area contributed by atoms with Crippen LogP contribution in [0.25, 0.3) is 0 Å². The lowest BCUT2D eigenvalue weighted by Crippen LogP contribution is -2.57. The number of rotatable bonds is 7. The van der Waals surface area contributed by atoms with Gasteiger partial charge in [0.25, 0.3) is 0 Å². The van der Waals surface area contributed by atoms with Crippen molar-refractivity contribution in [3.05, 3.63) is 29.8 Å². The third kappa shape index (κ3) is 7.02. The highest BCUT2D eigenvalue weighted by molar-refractivity contribution is 7.89. The second-order valence-corrected chi connectivity index (χ2v) is 11.9. The average molecular weight is 510 g/mol. The molecule has 0 aliphatic carbocycles. The summed E-state index contributed by atoms with van der Waals surface area (Å²) in [5.41, 5.74) is 0.973. The first-order valence-corrected chi connectivity index (χ1v) is 14.3. The number of ether oxygens (including phenoxy) is 2. The van der Waals surface area contributed by atoms with E-state index in [1.54, 1.807) is 24.3 Å². The molecule has 0 aromatic heterocycles. The Balaban J connectivity index is 1.36. The zero-order valence-corrected chi connectivity index (χ0v) is 21.4. The van der Waals surface area contributed by atoms with E-state index in [-0.39, 0.29) is 43.1 Å². The lowest BCUT2D eigenvalue weighted by Gasteiger charge is -2.43. The maximum Gasteiger partial charge on any atom is 0.243 e. The van der Waals surface area contributed by atoms with Gasteiger partial charge in [-0.15, -0.1) is 0 Å². The largest absolute Gasteiger partial charge is 0.389 e. The van der Waals surface area contributed by atoms with Crippen LogP contribution in [0.2, 0.25) is 0 Å². The van der Waals surface area contributed by atoms with E-state index in [1.165, 1.54) is 23.6 Å². The summed E-state index contributed by atoms with van der Waals surface area (Å²) in [4.78, 5) is 15.1. The minimum atomic E-state index is -3.83. The minimum absolute atomic E-state index is 0.0359. The van der Waals surface area contributed by atoms with Crippen molar-refractivity contribution in [1.29, 1.82) is 0 Å². The number of carbonyl (C=O) groups excluding carboxylic acids is 1. The molecule has 0 bridgehead atoms. The summed E-state index contributed by atoms with van der Waals surface area (Å²) >= 11 is 0. The number of aliphatic hydroxyl groups excluding tert-OH is 1. The van der Waals surface area contributed by atoms with Crippen molar-refractivity contribution in [2.45, 2.75) is 74.7 Å². The fraction of sp³-hybridized carbons (Fsp3) is 0.720. The first kappa shape index (κ1) is 26.5. The van der Waals surface area contributed by atoms with Gasteiger partial charge < -0.3 is 24.8 Å². The molecule has 4 atom stereocenters. The van der Waals surface area contributed by atoms with Gasteiger partial charge in [0.1, 0.15) is 0 Å². The molecule has 35 heavy (non-hydrogen) atoms. The Bertz CT molecular complexity index is 935. The Labute approximate surface area is 208 Å². The Morgan fingerprint density at radius 1 is 1.11 bits per heavy atom. The van der Waals surface area contributed by atoms with Gasteiger partial charge in [-0.25, -0.2) is 8.42 Å². The zero-order chi connectivity index (χ0) is 24.8. The van der Waals surface area contributed by atoms with Crippen LogP contribution in [0.3, 0.4) is 0 Å². The van der Waals surface area contributed by atoms with Crippen LogP contribution < -0.4 is 5.32 Å². The number of piperidine rings is 1. The highest BCUT2D eigenvalue weighted by atomic mass is 32.2. The fourth-order valence-electron chi connectivity index (χ4n) is 5.23. The summed E-state index contributed by atoms with van der Waals surface area (Å²) in [6.45, 7) is 5.75. The van der Waals surface area contributed by atoms with E-state index in [9.17, 15) is 18.3 Å². The van der Waals surface area contributed by atoms with Crippen molar-refractivity contribution in [3.63, 3.8) is 0 Å². The Morgan fingerprint density at radius 3 is 2.60 bits per heavy atom. The highest BCUT2D eigenvalue weighted by Gasteiger charge is 2.43. The molecule has 9 nitrogen and oxygen atoms in total. The Kier molecular flexibility index (Phi) is 9.18. The van der Waals surface area contributed by atoms with E-state index >= 15 is 0 Å². The van der Waals surface area contributed by atoms with E-state index in [1.807, 2.05) is 6.92 Å². The van der Waals surface area contributed by atoms with Crippen LogP contribution in [0.15, 0.2) is 29.2 Å². The summed E-state index contributed by atoms with van der Waals surface area (Å²) in [5.74, 6) is -0.0447. The van der Waals surface area contributed by atoms with Crippen molar-refractivity contribution in [2.75, 3.05) is 45.9 Å². The molecule has 0 radical (unpaired) electrons. The van der Waals surface area contributed by atoms with Gasteiger partial charge in [0.2, 0.25) is 15.9 Å². The average Bonchev–Trinajstić information content (AvgIpc) is 2.83. The zero-order valence-electron chi connectivity index (χ0n) is 20.6. The number of amides is 1. The van der Waals surface area contributed by atoms with Crippen molar-refractivity contribution >= 4 is 15.9 Å². The van der Waals surface area contributed by atoms with Gasteiger partial charge in [-0.2, -0.15) is 4.31 Å². The molecule has 4 rings (SSSR count). The van der Waals surface area contributed by atoms with E-state index in [0.717, 1.165) is 25.2 Å². The van der Waals surface area contributed by atoms with E-state index in [0.29, 0.717) is 19.4 Å². The molecule has 3 aliphatic rings. The number of hydrogen-bond acceptors (Lipinski definition) is 7. The van der Waals surface area contributed by atoms with Gasteiger partial charge in [0, 0.05) is 19.6 Å². The molecule has 1 aromatic rings. The first-order valence-electron chi connectivity index (χ1n) is 12.8. The number of nitrogens with one attached hydrogen (secondary N) is 1. The maximum absolute atomic E-state index is 13.5. The van der Waals surface area contributed by atoms with Crippen molar-refractivity contribution in [3.8, 4) is 0 Å². The topological polar surface area (TPSA) is 108 Å². The maximum atomic E-state index is 13.5. The van der Waals surface area contributed by atoms with Crippen LogP contribution in [0.1, 0.15) is 44.1 Å². The van der Waals surface area contributed by atoms with Gasteiger partial charge in [-0.3, -0.25) is 4.79 Å². The van der Waals surface area contributed by atoms with Gasteiger partial charge in [0.05, 0.1) is 48.9 Å². The molecule has 0 spiro atoms. The second-order valence-electron chi connectivity index (χ2n) is 9.98. The summed E-state index contributed by atoms with van der Waals surface area (Å²) in [6, 6.07) is 6.27.